The molecule has 0 rings (SSSR count). The van der Waals surface area contributed by atoms with Gasteiger partial charge in [-0.2, -0.15) is 5.10 Å². The predicted octanol–water partition coefficient (Wildman–Crippen LogP) is -0.0210. The van der Waals surface area contributed by atoms with E-state index in [2.05, 4.69) is 10.2 Å². The molecule has 0 saturated carbocycles. The molecular weight excluding hydrogens is 184 g/mol. The van der Waals surface area contributed by atoms with Gasteiger partial charge in [0, 0.05) is 5.71 Å². The molecule has 0 amide bonds. The van der Waals surface area contributed by atoms with Crippen molar-refractivity contribution in [2.75, 3.05) is 6.61 Å². The van der Waals surface area contributed by atoms with Crippen LogP contribution >= 0.6 is 0 Å². The van der Waals surface area contributed by atoms with Crippen LogP contribution in [0.15, 0.2) is 10.2 Å². The molecule has 0 heterocycles. The number of carbonyl (C=O) groups excluding carboxylic acids is 1. The Morgan fingerprint density at radius 1 is 1.29 bits per heavy atom. The van der Waals surface area contributed by atoms with E-state index in [4.69, 9.17) is 16.2 Å². The number of carbonyl (C=O) groups is 1. The lowest BCUT2D eigenvalue weighted by atomic mass is 10.2. The van der Waals surface area contributed by atoms with Crippen molar-refractivity contribution >= 4 is 17.6 Å². The SMILES string of the molecule is CCOC(=O)CCC(C)=NN=C(N)N. The summed E-state index contributed by atoms with van der Waals surface area (Å²) in [5.74, 6) is -0.341. The van der Waals surface area contributed by atoms with E-state index < -0.39 is 0 Å². The van der Waals surface area contributed by atoms with Gasteiger partial charge in [0.05, 0.1) is 13.0 Å². The van der Waals surface area contributed by atoms with Crippen LogP contribution in [0.2, 0.25) is 0 Å². The molecule has 0 saturated heterocycles. The smallest absolute Gasteiger partial charge is 0.306 e. The maximum Gasteiger partial charge on any atom is 0.306 e. The van der Waals surface area contributed by atoms with E-state index in [-0.39, 0.29) is 11.9 Å². The van der Waals surface area contributed by atoms with Gasteiger partial charge in [0.15, 0.2) is 0 Å². The molecule has 0 aliphatic rings. The third-order valence-corrected chi connectivity index (χ3v) is 1.33. The summed E-state index contributed by atoms with van der Waals surface area (Å²) in [5.41, 5.74) is 10.8. The lowest BCUT2D eigenvalue weighted by Gasteiger charge is -2.00. The van der Waals surface area contributed by atoms with Gasteiger partial charge in [0.1, 0.15) is 0 Å². The molecule has 6 heteroatoms. The van der Waals surface area contributed by atoms with E-state index in [0.29, 0.717) is 25.2 Å². The fourth-order valence-corrected chi connectivity index (χ4v) is 0.709. The number of esters is 1. The largest absolute Gasteiger partial charge is 0.466 e. The van der Waals surface area contributed by atoms with Crippen LogP contribution in [-0.4, -0.2) is 24.2 Å². The Hall–Kier alpha value is -1.59. The normalized spacial score (nSPS) is 10.9. The van der Waals surface area contributed by atoms with Crippen molar-refractivity contribution in [1.82, 2.24) is 0 Å². The minimum absolute atomic E-state index is 0.0968. The van der Waals surface area contributed by atoms with Crippen molar-refractivity contribution in [3.8, 4) is 0 Å². The lowest BCUT2D eigenvalue weighted by molar-refractivity contribution is -0.142. The zero-order chi connectivity index (χ0) is 11.0. The van der Waals surface area contributed by atoms with Crippen molar-refractivity contribution in [1.29, 1.82) is 0 Å². The molecule has 0 aliphatic heterocycles. The number of hydrogen-bond acceptors (Lipinski definition) is 4. The standard InChI is InChI=1S/C8H16N4O2/c1-3-14-7(13)5-4-6(2)11-12-8(9)10/h3-5H2,1-2H3,(H4,9,10,12). The second kappa shape index (κ2) is 6.88. The molecule has 14 heavy (non-hydrogen) atoms. The third kappa shape index (κ3) is 7.08. The van der Waals surface area contributed by atoms with Gasteiger partial charge >= 0.3 is 5.97 Å². The topological polar surface area (TPSA) is 103 Å². The molecule has 0 aromatic heterocycles. The highest BCUT2D eigenvalue weighted by molar-refractivity contribution is 5.86. The molecule has 0 fully saturated rings. The zero-order valence-corrected chi connectivity index (χ0v) is 8.49. The summed E-state index contributed by atoms with van der Waals surface area (Å²) in [6.45, 7) is 3.90. The van der Waals surface area contributed by atoms with E-state index in [1.807, 2.05) is 0 Å². The first-order valence-electron chi connectivity index (χ1n) is 4.34. The van der Waals surface area contributed by atoms with E-state index >= 15 is 0 Å². The molecule has 0 bridgehead atoms. The first-order chi connectivity index (χ1) is 6.56. The molecular formula is C8H16N4O2. The number of hydrogen-bond donors (Lipinski definition) is 2. The van der Waals surface area contributed by atoms with Crippen molar-refractivity contribution in [2.24, 2.45) is 21.7 Å². The minimum Gasteiger partial charge on any atom is -0.466 e. The van der Waals surface area contributed by atoms with Gasteiger partial charge in [0.2, 0.25) is 5.96 Å². The average Bonchev–Trinajstić information content (AvgIpc) is 2.12. The van der Waals surface area contributed by atoms with Crippen LogP contribution < -0.4 is 11.5 Å². The maximum absolute atomic E-state index is 10.9. The van der Waals surface area contributed by atoms with Gasteiger partial charge in [-0.05, 0) is 20.3 Å². The number of ether oxygens (including phenoxy) is 1. The van der Waals surface area contributed by atoms with Crippen LogP contribution in [0, 0.1) is 0 Å². The second-order valence-corrected chi connectivity index (χ2v) is 2.67. The van der Waals surface area contributed by atoms with E-state index in [1.165, 1.54) is 0 Å². The Bertz CT molecular complexity index is 244. The van der Waals surface area contributed by atoms with E-state index in [9.17, 15) is 4.79 Å². The van der Waals surface area contributed by atoms with Crippen LogP contribution in [0.5, 0.6) is 0 Å². The van der Waals surface area contributed by atoms with Crippen molar-refractivity contribution in [2.45, 2.75) is 26.7 Å². The highest BCUT2D eigenvalue weighted by Crippen LogP contribution is 1.96. The molecule has 0 radical (unpaired) electrons. The number of nitrogens with zero attached hydrogens (tertiary/aromatic N) is 2. The number of nitrogens with two attached hydrogens (primary N) is 2. The molecule has 4 N–H and O–H groups in total. The van der Waals surface area contributed by atoms with Gasteiger partial charge in [-0.1, -0.05) is 0 Å². The zero-order valence-electron chi connectivity index (χ0n) is 8.49. The van der Waals surface area contributed by atoms with Crippen molar-refractivity contribution in [3.63, 3.8) is 0 Å². The van der Waals surface area contributed by atoms with Gasteiger partial charge in [-0.25, -0.2) is 0 Å². The van der Waals surface area contributed by atoms with Crippen molar-refractivity contribution in [3.05, 3.63) is 0 Å². The number of guanidine groups is 1. The van der Waals surface area contributed by atoms with Crippen LogP contribution in [-0.2, 0) is 9.53 Å². The minimum atomic E-state index is -0.244. The van der Waals surface area contributed by atoms with Gasteiger partial charge in [-0.15, -0.1) is 5.10 Å². The first kappa shape index (κ1) is 12.4. The van der Waals surface area contributed by atoms with Crippen LogP contribution in [0.1, 0.15) is 26.7 Å². The Labute approximate surface area is 83.0 Å². The van der Waals surface area contributed by atoms with Gasteiger partial charge in [0.25, 0.3) is 0 Å². The Balaban J connectivity index is 3.84. The Kier molecular flexibility index (Phi) is 6.09. The average molecular weight is 200 g/mol. The monoisotopic (exact) mass is 200 g/mol. The predicted molar refractivity (Wildman–Crippen MR) is 54.8 cm³/mol. The molecule has 0 aliphatic carbocycles. The summed E-state index contributed by atoms with van der Waals surface area (Å²) in [6.07, 6.45) is 0.790. The molecule has 0 aromatic carbocycles. The fraction of sp³-hybridized carbons (Fsp3) is 0.625. The molecule has 0 spiro atoms. The lowest BCUT2D eigenvalue weighted by Crippen LogP contribution is -2.22. The quantitative estimate of drug-likeness (QED) is 0.281. The first-order valence-corrected chi connectivity index (χ1v) is 4.34. The summed E-state index contributed by atoms with van der Waals surface area (Å²) in [7, 11) is 0. The van der Waals surface area contributed by atoms with Gasteiger partial charge < -0.3 is 16.2 Å². The van der Waals surface area contributed by atoms with Crippen LogP contribution in [0.3, 0.4) is 0 Å². The fourth-order valence-electron chi connectivity index (χ4n) is 0.709. The van der Waals surface area contributed by atoms with Crippen molar-refractivity contribution < 1.29 is 9.53 Å². The summed E-state index contributed by atoms with van der Waals surface area (Å²) in [5, 5.41) is 7.16. The van der Waals surface area contributed by atoms with Crippen LogP contribution in [0.4, 0.5) is 0 Å². The maximum atomic E-state index is 10.9. The second-order valence-electron chi connectivity index (χ2n) is 2.67. The van der Waals surface area contributed by atoms with Crippen LogP contribution in [0.25, 0.3) is 0 Å². The summed E-state index contributed by atoms with van der Waals surface area (Å²) in [4.78, 5) is 10.9. The Morgan fingerprint density at radius 3 is 2.43 bits per heavy atom. The summed E-state index contributed by atoms with van der Waals surface area (Å²) >= 11 is 0. The number of rotatable bonds is 5. The van der Waals surface area contributed by atoms with E-state index in [1.54, 1.807) is 13.8 Å². The highest BCUT2D eigenvalue weighted by Gasteiger charge is 2.02. The molecule has 0 aromatic rings. The summed E-state index contributed by atoms with van der Waals surface area (Å²) in [6, 6.07) is 0. The molecule has 0 atom stereocenters. The molecule has 80 valence electrons. The third-order valence-electron chi connectivity index (χ3n) is 1.33. The molecule has 6 nitrogen and oxygen atoms in total. The van der Waals surface area contributed by atoms with E-state index in [0.717, 1.165) is 0 Å². The highest BCUT2D eigenvalue weighted by atomic mass is 16.5. The summed E-state index contributed by atoms with van der Waals surface area (Å²) < 4.78 is 4.74. The Morgan fingerprint density at radius 2 is 1.93 bits per heavy atom. The molecule has 0 unspecified atom stereocenters. The van der Waals surface area contributed by atoms with Gasteiger partial charge in [-0.3, -0.25) is 4.79 Å².